The van der Waals surface area contributed by atoms with Crippen LogP contribution in [-0.4, -0.2) is 44.1 Å². The molecule has 4 rings (SSSR count). The van der Waals surface area contributed by atoms with Gasteiger partial charge >= 0.3 is 6.03 Å². The van der Waals surface area contributed by atoms with Crippen LogP contribution in [0.2, 0.25) is 0 Å². The fourth-order valence-corrected chi connectivity index (χ4v) is 3.90. The topological polar surface area (TPSA) is 71.1 Å². The Morgan fingerprint density at radius 3 is 2.47 bits per heavy atom. The Labute approximate surface area is 197 Å². The number of hydrogen-bond acceptors (Lipinski definition) is 4. The number of hydrogen-bond donors (Lipinski definition) is 1. The van der Waals surface area contributed by atoms with Gasteiger partial charge in [0.1, 0.15) is 17.3 Å². The minimum Gasteiger partial charge on any atom is -0.497 e. The molecular formula is C26H26FN3O4. The quantitative estimate of drug-likeness (QED) is 0.540. The van der Waals surface area contributed by atoms with Crippen LogP contribution in [0.3, 0.4) is 0 Å². The van der Waals surface area contributed by atoms with E-state index in [1.165, 1.54) is 13.2 Å². The van der Waals surface area contributed by atoms with Crippen molar-refractivity contribution < 1.29 is 23.5 Å². The number of rotatable bonds is 7. The average molecular weight is 464 g/mol. The van der Waals surface area contributed by atoms with Gasteiger partial charge in [-0.1, -0.05) is 18.2 Å². The van der Waals surface area contributed by atoms with Crippen LogP contribution < -0.4 is 19.7 Å². The SMILES string of the molecule is COc1ccc(OC)c(NC(=O)c2ccc(N3CCCN(Cc4ccccc4F)C3=O)cc2)c1. The Kier molecular flexibility index (Phi) is 6.96. The number of amides is 3. The largest absolute Gasteiger partial charge is 0.497 e. The van der Waals surface area contributed by atoms with Gasteiger partial charge in [-0.3, -0.25) is 9.69 Å². The highest BCUT2D eigenvalue weighted by Crippen LogP contribution is 2.29. The first kappa shape index (κ1) is 23.1. The number of carbonyl (C=O) groups is 2. The molecule has 0 unspecified atom stereocenters. The second-order valence-corrected chi connectivity index (χ2v) is 7.87. The first-order valence-electron chi connectivity index (χ1n) is 10.9. The summed E-state index contributed by atoms with van der Waals surface area (Å²) in [5, 5.41) is 2.83. The van der Waals surface area contributed by atoms with E-state index in [1.54, 1.807) is 77.6 Å². The van der Waals surface area contributed by atoms with Gasteiger partial charge in [-0.15, -0.1) is 0 Å². The van der Waals surface area contributed by atoms with Crippen molar-refractivity contribution in [2.45, 2.75) is 13.0 Å². The van der Waals surface area contributed by atoms with Crippen molar-refractivity contribution >= 4 is 23.3 Å². The number of urea groups is 1. The van der Waals surface area contributed by atoms with Gasteiger partial charge in [0.05, 0.1) is 26.5 Å². The van der Waals surface area contributed by atoms with Crippen molar-refractivity contribution in [2.75, 3.05) is 37.5 Å². The van der Waals surface area contributed by atoms with Crippen molar-refractivity contribution in [2.24, 2.45) is 0 Å². The predicted octanol–water partition coefficient (Wildman–Crippen LogP) is 4.93. The van der Waals surface area contributed by atoms with E-state index in [2.05, 4.69) is 5.32 Å². The number of nitrogens with one attached hydrogen (secondary N) is 1. The van der Waals surface area contributed by atoms with E-state index in [1.807, 2.05) is 0 Å². The summed E-state index contributed by atoms with van der Waals surface area (Å²) in [5.74, 6) is 0.467. The summed E-state index contributed by atoms with van der Waals surface area (Å²) in [4.78, 5) is 29.1. The third-order valence-corrected chi connectivity index (χ3v) is 5.73. The van der Waals surface area contributed by atoms with Crippen LogP contribution in [0, 0.1) is 5.82 Å². The summed E-state index contributed by atoms with van der Waals surface area (Å²) in [6.07, 6.45) is 0.762. The minimum atomic E-state index is -0.324. The molecule has 1 heterocycles. The summed E-state index contributed by atoms with van der Waals surface area (Å²) in [6, 6.07) is 18.2. The van der Waals surface area contributed by atoms with Crippen LogP contribution in [0.25, 0.3) is 0 Å². The zero-order chi connectivity index (χ0) is 24.1. The van der Waals surface area contributed by atoms with Gasteiger partial charge in [0.25, 0.3) is 5.91 Å². The molecule has 3 amide bonds. The van der Waals surface area contributed by atoms with E-state index >= 15 is 0 Å². The average Bonchev–Trinajstić information content (AvgIpc) is 2.86. The third-order valence-electron chi connectivity index (χ3n) is 5.73. The van der Waals surface area contributed by atoms with Crippen molar-refractivity contribution in [3.8, 4) is 11.5 Å². The van der Waals surface area contributed by atoms with Gasteiger partial charge in [-0.2, -0.15) is 0 Å². The van der Waals surface area contributed by atoms with E-state index in [4.69, 9.17) is 9.47 Å². The molecule has 8 heteroatoms. The maximum absolute atomic E-state index is 14.1. The first-order valence-corrected chi connectivity index (χ1v) is 10.9. The monoisotopic (exact) mass is 463 g/mol. The van der Waals surface area contributed by atoms with Crippen molar-refractivity contribution in [1.29, 1.82) is 0 Å². The Morgan fingerprint density at radius 1 is 1.00 bits per heavy atom. The second kappa shape index (κ2) is 10.2. The Hall–Kier alpha value is -4.07. The van der Waals surface area contributed by atoms with Crippen LogP contribution in [0.5, 0.6) is 11.5 Å². The molecule has 0 aliphatic carbocycles. The molecule has 1 aliphatic heterocycles. The fraction of sp³-hybridized carbons (Fsp3) is 0.231. The van der Waals surface area contributed by atoms with E-state index < -0.39 is 0 Å². The van der Waals surface area contributed by atoms with Crippen molar-refractivity contribution in [1.82, 2.24) is 4.90 Å². The number of anilines is 2. The van der Waals surface area contributed by atoms with Crippen molar-refractivity contribution in [3.63, 3.8) is 0 Å². The predicted molar refractivity (Wildman–Crippen MR) is 128 cm³/mol. The summed E-state index contributed by atoms with van der Waals surface area (Å²) in [7, 11) is 3.07. The fourth-order valence-electron chi connectivity index (χ4n) is 3.90. The first-order chi connectivity index (χ1) is 16.5. The minimum absolute atomic E-state index is 0.187. The Morgan fingerprint density at radius 2 is 1.76 bits per heavy atom. The maximum Gasteiger partial charge on any atom is 0.324 e. The molecule has 7 nitrogen and oxygen atoms in total. The van der Waals surface area contributed by atoms with Gasteiger partial charge in [0.15, 0.2) is 0 Å². The molecule has 3 aromatic rings. The summed E-state index contributed by atoms with van der Waals surface area (Å²) in [5.41, 5.74) is 2.09. The van der Waals surface area contributed by atoms with Crippen LogP contribution >= 0.6 is 0 Å². The van der Waals surface area contributed by atoms with Gasteiger partial charge < -0.3 is 19.7 Å². The molecule has 0 spiro atoms. The lowest BCUT2D eigenvalue weighted by Crippen LogP contribution is -2.49. The molecule has 0 bridgehead atoms. The van der Waals surface area contributed by atoms with Gasteiger partial charge in [0.2, 0.25) is 0 Å². The molecule has 34 heavy (non-hydrogen) atoms. The summed E-state index contributed by atoms with van der Waals surface area (Å²) in [6.45, 7) is 1.33. The Balaban J connectivity index is 1.46. The van der Waals surface area contributed by atoms with Gasteiger partial charge in [-0.05, 0) is 48.9 Å². The highest BCUT2D eigenvalue weighted by Gasteiger charge is 2.27. The van der Waals surface area contributed by atoms with Crippen LogP contribution in [0.15, 0.2) is 66.7 Å². The molecule has 0 aromatic heterocycles. The molecule has 176 valence electrons. The zero-order valence-corrected chi connectivity index (χ0v) is 19.1. The zero-order valence-electron chi connectivity index (χ0n) is 19.1. The summed E-state index contributed by atoms with van der Waals surface area (Å²) >= 11 is 0. The standard InChI is InChI=1S/C26H26FN3O4/c1-33-21-12-13-24(34-2)23(16-21)28-25(31)18-8-10-20(11-9-18)30-15-5-14-29(26(30)32)17-19-6-3-4-7-22(19)27/h3-4,6-13,16H,5,14-15,17H2,1-2H3,(H,28,31). The number of nitrogens with zero attached hydrogens (tertiary/aromatic N) is 2. The molecular weight excluding hydrogens is 437 g/mol. The van der Waals surface area contributed by atoms with E-state index in [-0.39, 0.29) is 24.3 Å². The summed E-state index contributed by atoms with van der Waals surface area (Å²) < 4.78 is 24.6. The van der Waals surface area contributed by atoms with E-state index in [9.17, 15) is 14.0 Å². The number of methoxy groups -OCH3 is 2. The lowest BCUT2D eigenvalue weighted by Gasteiger charge is -2.35. The Bertz CT molecular complexity index is 1180. The second-order valence-electron chi connectivity index (χ2n) is 7.87. The highest BCUT2D eigenvalue weighted by molar-refractivity contribution is 6.05. The number of carbonyl (C=O) groups excluding carboxylic acids is 2. The normalized spacial score (nSPS) is 13.6. The highest BCUT2D eigenvalue weighted by atomic mass is 19.1. The molecule has 0 radical (unpaired) electrons. The molecule has 1 fully saturated rings. The van der Waals surface area contributed by atoms with Crippen LogP contribution in [-0.2, 0) is 6.54 Å². The molecule has 0 atom stereocenters. The number of benzene rings is 3. The molecule has 3 aromatic carbocycles. The van der Waals surface area contributed by atoms with Gasteiger partial charge in [0, 0.05) is 36.0 Å². The smallest absolute Gasteiger partial charge is 0.324 e. The van der Waals surface area contributed by atoms with Crippen LogP contribution in [0.4, 0.5) is 20.6 Å². The lowest BCUT2D eigenvalue weighted by molar-refractivity contribution is 0.102. The molecule has 0 saturated carbocycles. The molecule has 1 N–H and O–H groups in total. The molecule has 1 aliphatic rings. The van der Waals surface area contributed by atoms with E-state index in [0.29, 0.717) is 47.1 Å². The molecule has 1 saturated heterocycles. The lowest BCUT2D eigenvalue weighted by atomic mass is 10.1. The number of halogens is 1. The number of ether oxygens (including phenoxy) is 2. The maximum atomic E-state index is 14.1. The van der Waals surface area contributed by atoms with Gasteiger partial charge in [-0.25, -0.2) is 9.18 Å². The van der Waals surface area contributed by atoms with Crippen LogP contribution in [0.1, 0.15) is 22.3 Å². The van der Waals surface area contributed by atoms with Crippen molar-refractivity contribution in [3.05, 3.63) is 83.7 Å². The third kappa shape index (κ3) is 4.96. The van der Waals surface area contributed by atoms with E-state index in [0.717, 1.165) is 6.42 Å².